The molecule has 0 aliphatic heterocycles. The number of nitro benzene ring substituents is 1. The summed E-state index contributed by atoms with van der Waals surface area (Å²) < 4.78 is 10.9. The third kappa shape index (κ3) is 4.42. The van der Waals surface area contributed by atoms with E-state index in [4.69, 9.17) is 9.47 Å². The molecule has 0 spiro atoms. The number of rotatable bonds is 6. The number of ether oxygens (including phenoxy) is 2. The van der Waals surface area contributed by atoms with Crippen LogP contribution in [0.1, 0.15) is 45.6 Å². The Kier molecular flexibility index (Phi) is 6.40. The smallest absolute Gasteiger partial charge is 0.338 e. The van der Waals surface area contributed by atoms with Crippen molar-refractivity contribution in [3.05, 3.63) is 40.5 Å². The lowest BCUT2D eigenvalue weighted by Gasteiger charge is -2.36. The number of benzene rings is 1. The fourth-order valence-electron chi connectivity index (χ4n) is 3.61. The molecule has 6 heteroatoms. The molecule has 1 saturated carbocycles. The number of nitrogens with zero attached hydrogens (tertiary/aromatic N) is 1. The molecule has 0 heterocycles. The van der Waals surface area contributed by atoms with E-state index in [2.05, 4.69) is 27.4 Å². The highest BCUT2D eigenvalue weighted by molar-refractivity contribution is 6.17. The van der Waals surface area contributed by atoms with Crippen molar-refractivity contribution in [1.82, 2.24) is 0 Å². The van der Waals surface area contributed by atoms with Gasteiger partial charge in [-0.1, -0.05) is 33.8 Å². The van der Waals surface area contributed by atoms with Crippen LogP contribution in [-0.2, 0) is 9.53 Å². The zero-order valence-corrected chi connectivity index (χ0v) is 15.9. The van der Waals surface area contributed by atoms with E-state index in [0.29, 0.717) is 23.5 Å². The van der Waals surface area contributed by atoms with E-state index in [0.717, 1.165) is 19.3 Å². The van der Waals surface area contributed by atoms with Gasteiger partial charge in [-0.05, 0) is 42.7 Å². The van der Waals surface area contributed by atoms with Crippen molar-refractivity contribution in [3.8, 4) is 5.75 Å². The molecule has 1 aromatic carbocycles. The zero-order chi connectivity index (χ0) is 19.4. The van der Waals surface area contributed by atoms with Gasteiger partial charge in [0.05, 0.1) is 23.2 Å². The monoisotopic (exact) mass is 361 g/mol. The van der Waals surface area contributed by atoms with Crippen molar-refractivity contribution in [1.29, 1.82) is 0 Å². The van der Waals surface area contributed by atoms with Crippen molar-refractivity contribution in [2.24, 2.45) is 17.8 Å². The zero-order valence-electron chi connectivity index (χ0n) is 15.9. The summed E-state index contributed by atoms with van der Waals surface area (Å²) in [5.41, 5.74) is -0.0780. The summed E-state index contributed by atoms with van der Waals surface area (Å²) in [5.74, 6) is 1.00. The molecule has 0 aromatic heterocycles. The number of carbonyl (C=O) groups excluding carboxylic acids is 1. The van der Waals surface area contributed by atoms with Gasteiger partial charge < -0.3 is 9.47 Å². The number of esters is 1. The number of methoxy groups -OCH3 is 1. The molecule has 1 fully saturated rings. The molecule has 1 aliphatic rings. The van der Waals surface area contributed by atoms with E-state index >= 15 is 0 Å². The van der Waals surface area contributed by atoms with E-state index in [9.17, 15) is 14.9 Å². The van der Waals surface area contributed by atoms with Crippen molar-refractivity contribution in [2.45, 2.75) is 46.1 Å². The molecular weight excluding hydrogens is 334 g/mol. The van der Waals surface area contributed by atoms with Crippen molar-refractivity contribution < 1.29 is 19.2 Å². The molecule has 0 radical (unpaired) electrons. The predicted octanol–water partition coefficient (Wildman–Crippen LogP) is 4.62. The second-order valence-corrected chi connectivity index (χ2v) is 7.39. The number of nitro groups is 1. The lowest BCUT2D eigenvalue weighted by Crippen LogP contribution is -2.36. The molecule has 142 valence electrons. The van der Waals surface area contributed by atoms with Crippen molar-refractivity contribution in [2.75, 3.05) is 7.11 Å². The standard InChI is InChI=1S/C20H27NO5/c1-12(2)16-8-6-13(3)10-19(16)26-20(22)14(4)17-11-15(25-5)7-9-18(17)21(23)24/h7,9,11-13,16,19H,4,6,8,10H2,1-3,5H3/t13-,16+,19-/m1/s1. The second kappa shape index (κ2) is 8.34. The quantitative estimate of drug-likeness (QED) is 0.320. The molecule has 0 amide bonds. The van der Waals surface area contributed by atoms with Gasteiger partial charge in [0.1, 0.15) is 11.9 Å². The molecule has 0 unspecified atom stereocenters. The summed E-state index contributed by atoms with van der Waals surface area (Å²) in [6.07, 6.45) is 2.76. The lowest BCUT2D eigenvalue weighted by atomic mass is 9.75. The fraction of sp³-hybridized carbons (Fsp3) is 0.550. The fourth-order valence-corrected chi connectivity index (χ4v) is 3.61. The van der Waals surface area contributed by atoms with Gasteiger partial charge in [0, 0.05) is 6.07 Å². The summed E-state index contributed by atoms with van der Waals surface area (Å²) in [6.45, 7) is 10.2. The maximum atomic E-state index is 12.7. The van der Waals surface area contributed by atoms with Gasteiger partial charge >= 0.3 is 5.97 Å². The lowest BCUT2D eigenvalue weighted by molar-refractivity contribution is -0.385. The highest BCUT2D eigenvalue weighted by Gasteiger charge is 2.34. The molecule has 0 bridgehead atoms. The molecule has 2 rings (SSSR count). The van der Waals surface area contributed by atoms with Crippen LogP contribution in [0, 0.1) is 27.9 Å². The van der Waals surface area contributed by atoms with Gasteiger partial charge in [-0.3, -0.25) is 10.1 Å². The Morgan fingerprint density at radius 3 is 2.62 bits per heavy atom. The van der Waals surface area contributed by atoms with E-state index in [1.54, 1.807) is 0 Å². The van der Waals surface area contributed by atoms with E-state index in [1.807, 2.05) is 0 Å². The van der Waals surface area contributed by atoms with Gasteiger partial charge in [-0.15, -0.1) is 0 Å². The summed E-state index contributed by atoms with van der Waals surface area (Å²) in [4.78, 5) is 23.4. The van der Waals surface area contributed by atoms with Crippen LogP contribution in [-0.4, -0.2) is 24.1 Å². The Labute approximate surface area is 154 Å². The first-order chi connectivity index (χ1) is 12.2. The van der Waals surface area contributed by atoms with Gasteiger partial charge in [0.15, 0.2) is 0 Å². The minimum absolute atomic E-state index is 0.0173. The van der Waals surface area contributed by atoms with Gasteiger partial charge in [0.25, 0.3) is 5.69 Å². The average Bonchev–Trinajstić information content (AvgIpc) is 2.60. The van der Waals surface area contributed by atoms with Crippen LogP contribution in [0.25, 0.3) is 5.57 Å². The molecule has 3 atom stereocenters. The molecule has 1 aromatic rings. The first kappa shape index (κ1) is 19.9. The Hall–Kier alpha value is -2.37. The third-order valence-electron chi connectivity index (χ3n) is 5.19. The molecule has 0 N–H and O–H groups in total. The van der Waals surface area contributed by atoms with Crippen LogP contribution >= 0.6 is 0 Å². The topological polar surface area (TPSA) is 78.7 Å². The minimum Gasteiger partial charge on any atom is -0.497 e. The van der Waals surface area contributed by atoms with E-state index in [-0.39, 0.29) is 22.9 Å². The molecule has 26 heavy (non-hydrogen) atoms. The summed E-state index contributed by atoms with van der Waals surface area (Å²) in [7, 11) is 1.46. The Balaban J connectivity index is 2.23. The molecular formula is C20H27NO5. The van der Waals surface area contributed by atoms with Crippen LogP contribution < -0.4 is 4.74 Å². The minimum atomic E-state index is -0.605. The van der Waals surface area contributed by atoms with Gasteiger partial charge in [-0.2, -0.15) is 0 Å². The van der Waals surface area contributed by atoms with Crippen LogP contribution in [0.4, 0.5) is 5.69 Å². The predicted molar refractivity (Wildman–Crippen MR) is 99.9 cm³/mol. The first-order valence-corrected chi connectivity index (χ1v) is 8.97. The van der Waals surface area contributed by atoms with Crippen LogP contribution in [0.3, 0.4) is 0 Å². The molecule has 1 aliphatic carbocycles. The van der Waals surface area contributed by atoms with Gasteiger partial charge in [0.2, 0.25) is 0 Å². The summed E-state index contributed by atoms with van der Waals surface area (Å²) in [5, 5.41) is 11.3. The number of hydrogen-bond acceptors (Lipinski definition) is 5. The van der Waals surface area contributed by atoms with Crippen LogP contribution in [0.2, 0.25) is 0 Å². The normalized spacial score (nSPS) is 22.7. The largest absolute Gasteiger partial charge is 0.497 e. The van der Waals surface area contributed by atoms with Crippen molar-refractivity contribution in [3.63, 3.8) is 0 Å². The summed E-state index contributed by atoms with van der Waals surface area (Å²) in [6, 6.07) is 4.25. The maximum absolute atomic E-state index is 12.7. The Bertz CT molecular complexity index is 697. The highest BCUT2D eigenvalue weighted by atomic mass is 16.6. The highest BCUT2D eigenvalue weighted by Crippen LogP contribution is 2.37. The second-order valence-electron chi connectivity index (χ2n) is 7.39. The summed E-state index contributed by atoms with van der Waals surface area (Å²) >= 11 is 0. The van der Waals surface area contributed by atoms with Crippen LogP contribution in [0.15, 0.2) is 24.8 Å². The van der Waals surface area contributed by atoms with Gasteiger partial charge in [-0.25, -0.2) is 4.79 Å². The molecule has 6 nitrogen and oxygen atoms in total. The first-order valence-electron chi connectivity index (χ1n) is 8.97. The Morgan fingerprint density at radius 2 is 2.04 bits per heavy atom. The number of hydrogen-bond donors (Lipinski definition) is 0. The van der Waals surface area contributed by atoms with Crippen molar-refractivity contribution >= 4 is 17.2 Å². The average molecular weight is 361 g/mol. The van der Waals surface area contributed by atoms with E-state index in [1.165, 1.54) is 25.3 Å². The Morgan fingerprint density at radius 1 is 1.35 bits per heavy atom. The van der Waals surface area contributed by atoms with E-state index < -0.39 is 10.9 Å². The number of carbonyl (C=O) groups is 1. The van der Waals surface area contributed by atoms with Crippen LogP contribution in [0.5, 0.6) is 5.75 Å². The maximum Gasteiger partial charge on any atom is 0.338 e. The molecule has 0 saturated heterocycles. The third-order valence-corrected chi connectivity index (χ3v) is 5.19. The SMILES string of the molecule is C=C(C(=O)O[C@@H]1C[C@H](C)CC[C@H]1C(C)C)c1cc(OC)ccc1[N+](=O)[O-].